The van der Waals surface area contributed by atoms with Crippen LogP contribution in [0.1, 0.15) is 31.2 Å². The molecular weight excluding hydrogens is 444 g/mol. The zero-order chi connectivity index (χ0) is 23.6. The SMILES string of the molecule is C#CCN(CC1CCCN1)S(=O)(=O)c1ccc2[nH]c(=O)c3[nH]cc(CCCC(=O)O)c3c2c1. The first-order valence-electron chi connectivity index (χ1n) is 10.9. The van der Waals surface area contributed by atoms with E-state index in [0.717, 1.165) is 24.9 Å². The number of carbonyl (C=O) groups is 1. The van der Waals surface area contributed by atoms with E-state index in [1.165, 1.54) is 10.4 Å². The van der Waals surface area contributed by atoms with Crippen LogP contribution in [0.15, 0.2) is 34.1 Å². The molecule has 1 saturated heterocycles. The number of aromatic nitrogens is 2. The van der Waals surface area contributed by atoms with E-state index in [1.54, 1.807) is 18.3 Å². The van der Waals surface area contributed by atoms with Crippen molar-refractivity contribution in [2.24, 2.45) is 0 Å². The van der Waals surface area contributed by atoms with Gasteiger partial charge in [0, 0.05) is 41.5 Å². The Morgan fingerprint density at radius 1 is 1.33 bits per heavy atom. The number of rotatable bonds is 9. The Balaban J connectivity index is 1.78. The predicted octanol–water partition coefficient (Wildman–Crippen LogP) is 1.79. The van der Waals surface area contributed by atoms with Crippen LogP contribution in [0, 0.1) is 12.3 Å². The van der Waals surface area contributed by atoms with Gasteiger partial charge in [-0.05, 0) is 56.0 Å². The summed E-state index contributed by atoms with van der Waals surface area (Å²) < 4.78 is 28.3. The lowest BCUT2D eigenvalue weighted by Crippen LogP contribution is -2.41. The molecule has 1 aromatic carbocycles. The molecule has 10 heteroatoms. The molecule has 0 bridgehead atoms. The van der Waals surface area contributed by atoms with Gasteiger partial charge in [0.25, 0.3) is 5.56 Å². The molecular formula is C23H26N4O5S. The number of nitrogens with one attached hydrogen (secondary N) is 3. The number of aliphatic carboxylic acids is 1. The number of nitrogens with zero attached hydrogens (tertiary/aromatic N) is 1. The number of benzene rings is 1. The van der Waals surface area contributed by atoms with Crippen molar-refractivity contribution in [3.63, 3.8) is 0 Å². The van der Waals surface area contributed by atoms with Gasteiger partial charge in [0.15, 0.2) is 0 Å². The minimum absolute atomic E-state index is 0.00365. The summed E-state index contributed by atoms with van der Waals surface area (Å²) in [6.07, 6.45) is 9.88. The average molecular weight is 471 g/mol. The van der Waals surface area contributed by atoms with Gasteiger partial charge in [0.2, 0.25) is 10.0 Å². The molecule has 2 aromatic heterocycles. The lowest BCUT2D eigenvalue weighted by atomic mass is 10.0. The molecule has 0 spiro atoms. The summed E-state index contributed by atoms with van der Waals surface area (Å²) in [5.41, 5.74) is 1.29. The number of sulfonamides is 1. The fraction of sp³-hybridized carbons (Fsp3) is 0.391. The molecule has 33 heavy (non-hydrogen) atoms. The van der Waals surface area contributed by atoms with Crippen LogP contribution in [0.3, 0.4) is 0 Å². The normalized spacial score (nSPS) is 16.5. The Hall–Kier alpha value is -3.13. The van der Waals surface area contributed by atoms with E-state index in [1.807, 2.05) is 0 Å². The van der Waals surface area contributed by atoms with Gasteiger partial charge in [-0.3, -0.25) is 9.59 Å². The number of aromatic amines is 2. The molecule has 9 nitrogen and oxygen atoms in total. The number of carboxylic acids is 1. The first-order valence-corrected chi connectivity index (χ1v) is 12.3. The van der Waals surface area contributed by atoms with E-state index in [9.17, 15) is 18.0 Å². The Morgan fingerprint density at radius 3 is 2.85 bits per heavy atom. The number of terminal acetylenes is 1. The van der Waals surface area contributed by atoms with Gasteiger partial charge in [0.05, 0.1) is 11.4 Å². The number of pyridine rings is 1. The van der Waals surface area contributed by atoms with Crippen LogP contribution in [0.2, 0.25) is 0 Å². The molecule has 1 fully saturated rings. The van der Waals surface area contributed by atoms with Crippen molar-refractivity contribution in [3.8, 4) is 12.3 Å². The summed E-state index contributed by atoms with van der Waals surface area (Å²) in [7, 11) is -3.87. The Bertz CT molecular complexity index is 1390. The van der Waals surface area contributed by atoms with E-state index >= 15 is 0 Å². The van der Waals surface area contributed by atoms with Crippen LogP contribution in [0.5, 0.6) is 0 Å². The fourth-order valence-electron chi connectivity index (χ4n) is 4.42. The number of hydrogen-bond donors (Lipinski definition) is 4. The molecule has 1 atom stereocenters. The largest absolute Gasteiger partial charge is 0.481 e. The van der Waals surface area contributed by atoms with Gasteiger partial charge in [-0.25, -0.2) is 8.42 Å². The van der Waals surface area contributed by atoms with Crippen molar-refractivity contribution in [2.45, 2.75) is 43.0 Å². The third kappa shape index (κ3) is 4.66. The molecule has 1 aliphatic heterocycles. The van der Waals surface area contributed by atoms with E-state index in [2.05, 4.69) is 21.2 Å². The highest BCUT2D eigenvalue weighted by atomic mass is 32.2. The van der Waals surface area contributed by atoms with Crippen molar-refractivity contribution >= 4 is 37.8 Å². The van der Waals surface area contributed by atoms with Crippen LogP contribution in [-0.2, 0) is 21.2 Å². The second-order valence-electron chi connectivity index (χ2n) is 8.27. The van der Waals surface area contributed by atoms with Gasteiger partial charge in [-0.15, -0.1) is 6.42 Å². The van der Waals surface area contributed by atoms with Crippen LogP contribution in [-0.4, -0.2) is 59.4 Å². The van der Waals surface area contributed by atoms with E-state index in [4.69, 9.17) is 11.5 Å². The summed E-state index contributed by atoms with van der Waals surface area (Å²) in [5, 5.41) is 13.4. The number of fused-ring (bicyclic) bond motifs is 3. The first-order chi connectivity index (χ1) is 15.8. The van der Waals surface area contributed by atoms with Crippen LogP contribution >= 0.6 is 0 Å². The quantitative estimate of drug-likeness (QED) is 0.352. The van der Waals surface area contributed by atoms with Crippen molar-refractivity contribution in [1.29, 1.82) is 0 Å². The van der Waals surface area contributed by atoms with Crippen LogP contribution in [0.4, 0.5) is 0 Å². The Kier molecular flexibility index (Phi) is 6.56. The third-order valence-corrected chi connectivity index (χ3v) is 7.83. The number of carboxylic acid groups (broad SMARTS) is 1. The lowest BCUT2D eigenvalue weighted by Gasteiger charge is -2.23. The monoisotopic (exact) mass is 470 g/mol. The lowest BCUT2D eigenvalue weighted by molar-refractivity contribution is -0.137. The second-order valence-corrected chi connectivity index (χ2v) is 10.2. The van der Waals surface area contributed by atoms with Crippen LogP contribution < -0.4 is 10.9 Å². The Morgan fingerprint density at radius 2 is 2.15 bits per heavy atom. The minimum atomic E-state index is -3.87. The van der Waals surface area contributed by atoms with Crippen molar-refractivity contribution in [1.82, 2.24) is 19.6 Å². The molecule has 4 N–H and O–H groups in total. The fourth-order valence-corrected chi connectivity index (χ4v) is 5.85. The highest BCUT2D eigenvalue weighted by Crippen LogP contribution is 2.29. The number of aryl methyl sites for hydroxylation is 1. The maximum absolute atomic E-state index is 13.5. The molecule has 0 radical (unpaired) electrons. The molecule has 1 unspecified atom stereocenters. The summed E-state index contributed by atoms with van der Waals surface area (Å²) in [4.78, 5) is 29.2. The molecule has 174 valence electrons. The second kappa shape index (κ2) is 9.39. The topological polar surface area (TPSA) is 135 Å². The summed E-state index contributed by atoms with van der Waals surface area (Å²) in [5.74, 6) is 1.56. The molecule has 0 amide bonds. The highest BCUT2D eigenvalue weighted by Gasteiger charge is 2.28. The van der Waals surface area contributed by atoms with Crippen molar-refractivity contribution < 1.29 is 18.3 Å². The minimum Gasteiger partial charge on any atom is -0.481 e. The maximum atomic E-state index is 13.5. The molecule has 3 aromatic rings. The summed E-state index contributed by atoms with van der Waals surface area (Å²) in [6.45, 7) is 1.11. The van der Waals surface area contributed by atoms with Gasteiger partial charge in [0.1, 0.15) is 5.52 Å². The van der Waals surface area contributed by atoms with Gasteiger partial charge >= 0.3 is 5.97 Å². The van der Waals surface area contributed by atoms with E-state index < -0.39 is 16.0 Å². The summed E-state index contributed by atoms with van der Waals surface area (Å²) in [6, 6.07) is 4.67. The zero-order valence-corrected chi connectivity index (χ0v) is 18.9. The summed E-state index contributed by atoms with van der Waals surface area (Å²) >= 11 is 0. The molecule has 1 aliphatic rings. The van der Waals surface area contributed by atoms with Crippen molar-refractivity contribution in [2.75, 3.05) is 19.6 Å². The van der Waals surface area contributed by atoms with E-state index in [0.29, 0.717) is 34.6 Å². The third-order valence-electron chi connectivity index (χ3n) is 6.03. The van der Waals surface area contributed by atoms with Gasteiger partial charge < -0.3 is 20.4 Å². The van der Waals surface area contributed by atoms with E-state index in [-0.39, 0.29) is 36.0 Å². The van der Waals surface area contributed by atoms with Gasteiger partial charge in [-0.1, -0.05) is 5.92 Å². The molecule has 0 aliphatic carbocycles. The standard InChI is InChI=1S/C23H26N4O5S/c1-2-11-27(14-16-6-4-10-24-16)33(31,32)17-8-9-19-18(12-17)21-15(5-3-7-20(28)29)13-25-22(21)23(30)26-19/h1,8-9,12-13,16,24-25H,3-7,10-11,14H2,(H,26,30)(H,28,29). The predicted molar refractivity (Wildman–Crippen MR) is 126 cm³/mol. The highest BCUT2D eigenvalue weighted by molar-refractivity contribution is 7.89. The molecule has 3 heterocycles. The zero-order valence-electron chi connectivity index (χ0n) is 18.1. The van der Waals surface area contributed by atoms with Crippen molar-refractivity contribution in [3.05, 3.63) is 40.3 Å². The van der Waals surface area contributed by atoms with Crippen LogP contribution in [0.25, 0.3) is 21.8 Å². The maximum Gasteiger partial charge on any atom is 0.303 e. The molecule has 4 rings (SSSR count). The average Bonchev–Trinajstić information content (AvgIpc) is 3.43. The first kappa shape index (κ1) is 23.0. The number of H-pyrrole nitrogens is 2. The van der Waals surface area contributed by atoms with Gasteiger partial charge in [-0.2, -0.15) is 4.31 Å². The smallest absolute Gasteiger partial charge is 0.303 e. The Labute approximate surface area is 191 Å². The molecule has 0 saturated carbocycles. The number of hydrogen-bond acceptors (Lipinski definition) is 5.